The van der Waals surface area contributed by atoms with Crippen LogP contribution in [-0.4, -0.2) is 30.2 Å². The fourth-order valence-corrected chi connectivity index (χ4v) is 1.58. The highest BCUT2D eigenvalue weighted by Gasteiger charge is 2.33. The Labute approximate surface area is 79.7 Å². The van der Waals surface area contributed by atoms with Gasteiger partial charge < -0.3 is 4.90 Å². The molecule has 1 aliphatic rings. The Morgan fingerprint density at radius 2 is 2.25 bits per heavy atom. The Morgan fingerprint density at radius 3 is 2.67 bits per heavy atom. The minimum atomic E-state index is 0.226. The third-order valence-corrected chi connectivity index (χ3v) is 2.76. The molecule has 0 radical (unpaired) electrons. The third kappa shape index (κ3) is 2.70. The van der Waals surface area contributed by atoms with Gasteiger partial charge in [0.2, 0.25) is 5.91 Å². The Hall–Kier alpha value is -0.180. The summed E-state index contributed by atoms with van der Waals surface area (Å²) >= 11 is 4.03. The molecule has 1 rings (SSSR count). The molecule has 2 atom stereocenters. The number of amides is 1. The van der Waals surface area contributed by atoms with Crippen LogP contribution < -0.4 is 0 Å². The van der Waals surface area contributed by atoms with Crippen molar-refractivity contribution in [3.8, 4) is 0 Å². The molecule has 1 fully saturated rings. The van der Waals surface area contributed by atoms with E-state index in [1.54, 1.807) is 0 Å². The number of carbonyl (C=O) groups excluding carboxylic acids is 1. The molecule has 0 heterocycles. The lowest BCUT2D eigenvalue weighted by molar-refractivity contribution is -0.129. The number of nitrogens with zero attached hydrogens (tertiary/aromatic N) is 1. The molecule has 70 valence electrons. The molecular weight excluding hydrogens is 170 g/mol. The van der Waals surface area contributed by atoms with Gasteiger partial charge in [-0.15, -0.1) is 0 Å². The largest absolute Gasteiger partial charge is 0.345 e. The van der Waals surface area contributed by atoms with Crippen molar-refractivity contribution in [2.45, 2.75) is 19.8 Å². The van der Waals surface area contributed by atoms with E-state index in [0.717, 1.165) is 18.4 Å². The Balaban J connectivity index is 2.18. The van der Waals surface area contributed by atoms with Crippen LogP contribution in [0.25, 0.3) is 0 Å². The van der Waals surface area contributed by atoms with E-state index in [1.807, 2.05) is 11.9 Å². The van der Waals surface area contributed by atoms with Gasteiger partial charge in [-0.3, -0.25) is 4.79 Å². The topological polar surface area (TPSA) is 20.3 Å². The molecule has 1 aliphatic carbocycles. The highest BCUT2D eigenvalue weighted by atomic mass is 32.1. The zero-order valence-corrected chi connectivity index (χ0v) is 8.68. The second-order valence-electron chi connectivity index (χ2n) is 3.72. The first-order valence-corrected chi connectivity index (χ1v) is 5.13. The first kappa shape index (κ1) is 9.90. The fraction of sp³-hybridized carbons (Fsp3) is 0.889. The molecule has 12 heavy (non-hydrogen) atoms. The van der Waals surface area contributed by atoms with Crippen molar-refractivity contribution in [3.05, 3.63) is 0 Å². The van der Waals surface area contributed by atoms with E-state index in [9.17, 15) is 4.79 Å². The van der Waals surface area contributed by atoms with Crippen LogP contribution in [0.4, 0.5) is 0 Å². The number of thiol groups is 1. The van der Waals surface area contributed by atoms with Crippen molar-refractivity contribution in [3.63, 3.8) is 0 Å². The fourth-order valence-electron chi connectivity index (χ4n) is 1.39. The average molecular weight is 187 g/mol. The van der Waals surface area contributed by atoms with Crippen molar-refractivity contribution >= 4 is 18.5 Å². The summed E-state index contributed by atoms with van der Waals surface area (Å²) in [6, 6.07) is 0. The van der Waals surface area contributed by atoms with Crippen LogP contribution in [0.3, 0.4) is 0 Å². The molecule has 0 aliphatic heterocycles. The zero-order valence-electron chi connectivity index (χ0n) is 7.79. The summed E-state index contributed by atoms with van der Waals surface area (Å²) in [5.41, 5.74) is 0. The molecule has 0 aromatic heterocycles. The van der Waals surface area contributed by atoms with Gasteiger partial charge in [0.05, 0.1) is 0 Å². The minimum Gasteiger partial charge on any atom is -0.345 e. The van der Waals surface area contributed by atoms with E-state index >= 15 is 0 Å². The van der Waals surface area contributed by atoms with Gasteiger partial charge in [-0.2, -0.15) is 12.6 Å². The molecule has 2 nitrogen and oxygen atoms in total. The maximum atomic E-state index is 11.3. The molecule has 2 unspecified atom stereocenters. The first-order chi connectivity index (χ1) is 5.65. The highest BCUT2D eigenvalue weighted by Crippen LogP contribution is 2.37. The van der Waals surface area contributed by atoms with Crippen molar-refractivity contribution in [1.82, 2.24) is 4.90 Å². The minimum absolute atomic E-state index is 0.226. The zero-order chi connectivity index (χ0) is 9.14. The van der Waals surface area contributed by atoms with Crippen LogP contribution in [0, 0.1) is 11.8 Å². The van der Waals surface area contributed by atoms with Gasteiger partial charge >= 0.3 is 0 Å². The first-order valence-electron chi connectivity index (χ1n) is 4.50. The van der Waals surface area contributed by atoms with Gasteiger partial charge in [-0.25, -0.2) is 0 Å². The molecule has 0 aromatic rings. The molecule has 0 N–H and O–H groups in total. The molecule has 1 saturated carbocycles. The Bertz CT molecular complexity index is 172. The number of carbonyl (C=O) groups is 1. The summed E-state index contributed by atoms with van der Waals surface area (Å²) in [7, 11) is 1.89. The molecule has 0 spiro atoms. The quantitative estimate of drug-likeness (QED) is 0.660. The number of hydrogen-bond donors (Lipinski definition) is 1. The molecule has 0 saturated heterocycles. The van der Waals surface area contributed by atoms with Crippen LogP contribution in [0.5, 0.6) is 0 Å². The van der Waals surface area contributed by atoms with Crippen molar-refractivity contribution in [1.29, 1.82) is 0 Å². The highest BCUT2D eigenvalue weighted by molar-refractivity contribution is 7.80. The molecule has 1 amide bonds. The van der Waals surface area contributed by atoms with E-state index < -0.39 is 0 Å². The predicted molar refractivity (Wildman–Crippen MR) is 53.4 cm³/mol. The standard InChI is InChI=1S/C9H17NOS/c1-7-5-8(7)6-10(2)9(11)3-4-12/h7-8,12H,3-6H2,1-2H3. The van der Waals surface area contributed by atoms with Crippen molar-refractivity contribution < 1.29 is 4.79 Å². The lowest BCUT2D eigenvalue weighted by Gasteiger charge is -2.16. The monoisotopic (exact) mass is 187 g/mol. The number of rotatable bonds is 4. The van der Waals surface area contributed by atoms with E-state index in [2.05, 4.69) is 19.6 Å². The Morgan fingerprint density at radius 1 is 1.67 bits per heavy atom. The van der Waals surface area contributed by atoms with Crippen molar-refractivity contribution in [2.24, 2.45) is 11.8 Å². The van der Waals surface area contributed by atoms with E-state index in [0.29, 0.717) is 12.2 Å². The van der Waals surface area contributed by atoms with Gasteiger partial charge in [0, 0.05) is 20.0 Å². The van der Waals surface area contributed by atoms with Gasteiger partial charge in [-0.05, 0) is 24.0 Å². The summed E-state index contributed by atoms with van der Waals surface area (Å²) in [5.74, 6) is 2.47. The molecule has 0 aromatic carbocycles. The van der Waals surface area contributed by atoms with E-state index in [4.69, 9.17) is 0 Å². The van der Waals surface area contributed by atoms with E-state index in [1.165, 1.54) is 6.42 Å². The van der Waals surface area contributed by atoms with Crippen LogP contribution in [0.15, 0.2) is 0 Å². The van der Waals surface area contributed by atoms with Gasteiger partial charge in [-0.1, -0.05) is 6.92 Å². The Kier molecular flexibility index (Phi) is 3.44. The lowest BCUT2D eigenvalue weighted by atomic mass is 10.3. The normalized spacial score (nSPS) is 26.9. The number of hydrogen-bond acceptors (Lipinski definition) is 2. The summed E-state index contributed by atoms with van der Waals surface area (Å²) in [6.07, 6.45) is 1.86. The summed E-state index contributed by atoms with van der Waals surface area (Å²) < 4.78 is 0. The summed E-state index contributed by atoms with van der Waals surface area (Å²) in [4.78, 5) is 13.1. The van der Waals surface area contributed by atoms with Gasteiger partial charge in [0.15, 0.2) is 0 Å². The van der Waals surface area contributed by atoms with Crippen LogP contribution in [-0.2, 0) is 4.79 Å². The SMILES string of the molecule is CC1CC1CN(C)C(=O)CCS. The molecular formula is C9H17NOS. The predicted octanol–water partition coefficient (Wildman–Crippen LogP) is 1.42. The molecule has 0 bridgehead atoms. The molecule has 3 heteroatoms. The summed E-state index contributed by atoms with van der Waals surface area (Å²) in [5, 5.41) is 0. The summed E-state index contributed by atoms with van der Waals surface area (Å²) in [6.45, 7) is 3.18. The lowest BCUT2D eigenvalue weighted by Crippen LogP contribution is -2.29. The maximum Gasteiger partial charge on any atom is 0.223 e. The smallest absolute Gasteiger partial charge is 0.223 e. The van der Waals surface area contributed by atoms with E-state index in [-0.39, 0.29) is 5.91 Å². The van der Waals surface area contributed by atoms with Crippen LogP contribution >= 0.6 is 12.6 Å². The van der Waals surface area contributed by atoms with Crippen LogP contribution in [0.2, 0.25) is 0 Å². The average Bonchev–Trinajstić information content (AvgIpc) is 2.67. The van der Waals surface area contributed by atoms with Crippen molar-refractivity contribution in [2.75, 3.05) is 19.3 Å². The van der Waals surface area contributed by atoms with Gasteiger partial charge in [0.1, 0.15) is 0 Å². The third-order valence-electron chi connectivity index (χ3n) is 2.54. The van der Waals surface area contributed by atoms with Crippen LogP contribution in [0.1, 0.15) is 19.8 Å². The second kappa shape index (κ2) is 4.17. The van der Waals surface area contributed by atoms with Gasteiger partial charge in [0.25, 0.3) is 0 Å². The maximum absolute atomic E-state index is 11.3. The second-order valence-corrected chi connectivity index (χ2v) is 4.17.